The van der Waals surface area contributed by atoms with Gasteiger partial charge in [0.15, 0.2) is 0 Å². The number of carbonyl (C=O) groups is 3. The molecule has 0 saturated carbocycles. The smallest absolute Gasteiger partial charge is 0.328 e. The maximum atomic E-state index is 12.9. The number of carbonyl (C=O) groups excluding carboxylic acids is 3. The molecule has 0 aliphatic heterocycles. The highest BCUT2D eigenvalue weighted by molar-refractivity contribution is 5.85. The number of nitrogens with zero attached hydrogens (tertiary/aromatic N) is 1. The van der Waals surface area contributed by atoms with E-state index in [1.807, 2.05) is 0 Å². The molecule has 0 heterocycles. The summed E-state index contributed by atoms with van der Waals surface area (Å²) in [6, 6.07) is -0.809. The molecule has 0 aromatic heterocycles. The predicted octanol–water partition coefficient (Wildman–Crippen LogP) is 9.45. The summed E-state index contributed by atoms with van der Waals surface area (Å²) in [4.78, 5) is 38.0. The van der Waals surface area contributed by atoms with Gasteiger partial charge in [-0.15, -0.1) is 0 Å². The lowest BCUT2D eigenvalue weighted by molar-refractivity contribution is -0.870. The molecule has 0 rings (SSSR count). The van der Waals surface area contributed by atoms with Gasteiger partial charge in [-0.25, -0.2) is 4.79 Å². The van der Waals surface area contributed by atoms with E-state index in [2.05, 4.69) is 40.3 Å². The van der Waals surface area contributed by atoms with Crippen molar-refractivity contribution in [1.82, 2.24) is 5.32 Å². The number of amides is 1. The standard InChI is InChI=1S/C38H74N2O5/c1-6-8-10-12-14-16-18-20-22-27-33-44-37(42)31-30-35(39-36(41)29-25-24-26-32-40(3,4)5)38(43)45-34-28-23-21-19-17-15-13-11-9-7-2/h35H,6-34H2,1-5H3/p+1. The zero-order chi connectivity index (χ0) is 33.4. The van der Waals surface area contributed by atoms with Crippen molar-refractivity contribution in [2.45, 2.75) is 187 Å². The minimum Gasteiger partial charge on any atom is -0.466 e. The van der Waals surface area contributed by atoms with E-state index in [0.29, 0.717) is 19.6 Å². The molecule has 0 fully saturated rings. The number of hydrogen-bond donors (Lipinski definition) is 1. The van der Waals surface area contributed by atoms with Gasteiger partial charge in [0.25, 0.3) is 0 Å². The topological polar surface area (TPSA) is 81.7 Å². The van der Waals surface area contributed by atoms with E-state index in [0.717, 1.165) is 62.4 Å². The molecule has 0 aromatic rings. The number of nitrogens with one attached hydrogen (secondary N) is 1. The number of esters is 2. The van der Waals surface area contributed by atoms with Crippen molar-refractivity contribution in [3.05, 3.63) is 0 Å². The average molecular weight is 640 g/mol. The molecule has 7 heteroatoms. The first-order chi connectivity index (χ1) is 21.7. The molecule has 45 heavy (non-hydrogen) atoms. The Morgan fingerprint density at radius 2 is 0.956 bits per heavy atom. The van der Waals surface area contributed by atoms with E-state index >= 15 is 0 Å². The van der Waals surface area contributed by atoms with E-state index in [4.69, 9.17) is 9.47 Å². The SMILES string of the molecule is CCCCCCCCCCCCOC(=O)CCC(NC(=O)CCCCC[N+](C)(C)C)C(=O)OCCCCCCCCCCCC. The summed E-state index contributed by atoms with van der Waals surface area (Å²) in [5, 5.41) is 2.86. The summed E-state index contributed by atoms with van der Waals surface area (Å²) in [5.41, 5.74) is 0. The molecule has 266 valence electrons. The Kier molecular flexibility index (Phi) is 29.9. The third-order valence-corrected chi connectivity index (χ3v) is 8.49. The summed E-state index contributed by atoms with van der Waals surface area (Å²) in [5.74, 6) is -0.903. The second-order valence-corrected chi connectivity index (χ2v) is 14.2. The molecule has 0 aliphatic rings. The van der Waals surface area contributed by atoms with Crippen molar-refractivity contribution < 1.29 is 28.3 Å². The maximum absolute atomic E-state index is 12.9. The minimum atomic E-state index is -0.809. The Hall–Kier alpha value is -1.63. The first-order valence-electron chi connectivity index (χ1n) is 19.1. The number of ether oxygens (including phenoxy) is 2. The molecule has 0 bridgehead atoms. The quantitative estimate of drug-likeness (QED) is 0.0439. The molecule has 0 saturated heterocycles. The zero-order valence-electron chi connectivity index (χ0n) is 30.6. The molecule has 1 N–H and O–H groups in total. The third-order valence-electron chi connectivity index (χ3n) is 8.49. The van der Waals surface area contributed by atoms with Gasteiger partial charge in [-0.3, -0.25) is 9.59 Å². The van der Waals surface area contributed by atoms with Crippen molar-refractivity contribution in [1.29, 1.82) is 0 Å². The van der Waals surface area contributed by atoms with Crippen molar-refractivity contribution in [3.63, 3.8) is 0 Å². The molecule has 0 aromatic carbocycles. The Balaban J connectivity index is 4.37. The lowest BCUT2D eigenvalue weighted by atomic mass is 10.1. The second kappa shape index (κ2) is 31.0. The van der Waals surface area contributed by atoms with Gasteiger partial charge in [0.1, 0.15) is 6.04 Å². The van der Waals surface area contributed by atoms with Crippen LogP contribution >= 0.6 is 0 Å². The molecular weight excluding hydrogens is 564 g/mol. The highest BCUT2D eigenvalue weighted by Gasteiger charge is 2.23. The van der Waals surface area contributed by atoms with Gasteiger partial charge in [0.2, 0.25) is 5.91 Å². The first kappa shape index (κ1) is 43.4. The van der Waals surface area contributed by atoms with Gasteiger partial charge in [0, 0.05) is 12.8 Å². The van der Waals surface area contributed by atoms with Crippen LogP contribution in [0.15, 0.2) is 0 Å². The van der Waals surface area contributed by atoms with Crippen LogP contribution in [0.5, 0.6) is 0 Å². The Bertz CT molecular complexity index is 707. The minimum absolute atomic E-state index is 0.0968. The van der Waals surface area contributed by atoms with Crippen LogP contribution in [-0.4, -0.2) is 69.3 Å². The fraction of sp³-hybridized carbons (Fsp3) is 0.921. The fourth-order valence-corrected chi connectivity index (χ4v) is 5.54. The van der Waals surface area contributed by atoms with Gasteiger partial charge in [-0.2, -0.15) is 0 Å². The zero-order valence-corrected chi connectivity index (χ0v) is 30.6. The summed E-state index contributed by atoms with van der Waals surface area (Å²) < 4.78 is 11.9. The van der Waals surface area contributed by atoms with Crippen LogP contribution in [0.4, 0.5) is 0 Å². The third kappa shape index (κ3) is 32.1. The Morgan fingerprint density at radius 3 is 1.42 bits per heavy atom. The second-order valence-electron chi connectivity index (χ2n) is 14.2. The van der Waals surface area contributed by atoms with Gasteiger partial charge in [0.05, 0.1) is 40.9 Å². The fourth-order valence-electron chi connectivity index (χ4n) is 5.54. The van der Waals surface area contributed by atoms with Gasteiger partial charge in [-0.1, -0.05) is 129 Å². The lowest BCUT2D eigenvalue weighted by Gasteiger charge is -2.23. The molecule has 1 unspecified atom stereocenters. The molecule has 0 radical (unpaired) electrons. The van der Waals surface area contributed by atoms with Gasteiger partial charge in [-0.05, 0) is 38.5 Å². The molecule has 0 spiro atoms. The highest BCUT2D eigenvalue weighted by Crippen LogP contribution is 2.13. The van der Waals surface area contributed by atoms with Crippen LogP contribution in [-0.2, 0) is 23.9 Å². The number of hydrogen-bond acceptors (Lipinski definition) is 5. The number of rotatable bonds is 33. The van der Waals surface area contributed by atoms with E-state index in [9.17, 15) is 14.4 Å². The highest BCUT2D eigenvalue weighted by atomic mass is 16.5. The van der Waals surface area contributed by atoms with Crippen molar-refractivity contribution >= 4 is 17.8 Å². The van der Waals surface area contributed by atoms with E-state index in [-0.39, 0.29) is 24.7 Å². The molecule has 1 amide bonds. The van der Waals surface area contributed by atoms with E-state index in [1.165, 1.54) is 96.3 Å². The van der Waals surface area contributed by atoms with Crippen LogP contribution in [0.2, 0.25) is 0 Å². The Labute approximate surface area is 278 Å². The van der Waals surface area contributed by atoms with E-state index in [1.54, 1.807) is 0 Å². The summed E-state index contributed by atoms with van der Waals surface area (Å²) in [6.45, 7) is 6.33. The van der Waals surface area contributed by atoms with Gasteiger partial charge >= 0.3 is 11.9 Å². The van der Waals surface area contributed by atoms with E-state index < -0.39 is 12.0 Å². The van der Waals surface area contributed by atoms with Crippen molar-refractivity contribution in [2.24, 2.45) is 0 Å². The van der Waals surface area contributed by atoms with Crippen LogP contribution in [0.3, 0.4) is 0 Å². The predicted molar refractivity (Wildman–Crippen MR) is 188 cm³/mol. The summed E-state index contributed by atoms with van der Waals surface area (Å²) in [7, 11) is 6.50. The van der Waals surface area contributed by atoms with Crippen LogP contribution in [0, 0.1) is 0 Å². The van der Waals surface area contributed by atoms with Crippen LogP contribution in [0.1, 0.15) is 181 Å². The largest absolute Gasteiger partial charge is 0.466 e. The molecular formula is C38H75N2O5+. The summed E-state index contributed by atoms with van der Waals surface area (Å²) >= 11 is 0. The number of unbranched alkanes of at least 4 members (excludes halogenated alkanes) is 20. The molecule has 1 atom stereocenters. The van der Waals surface area contributed by atoms with Crippen molar-refractivity contribution in [2.75, 3.05) is 40.9 Å². The van der Waals surface area contributed by atoms with Crippen molar-refractivity contribution in [3.8, 4) is 0 Å². The van der Waals surface area contributed by atoms with Crippen LogP contribution in [0.25, 0.3) is 0 Å². The monoisotopic (exact) mass is 640 g/mol. The Morgan fingerprint density at radius 1 is 0.533 bits per heavy atom. The maximum Gasteiger partial charge on any atom is 0.328 e. The average Bonchev–Trinajstić information content (AvgIpc) is 2.99. The van der Waals surface area contributed by atoms with Crippen LogP contribution < -0.4 is 5.32 Å². The normalized spacial score (nSPS) is 12.2. The first-order valence-corrected chi connectivity index (χ1v) is 19.1. The van der Waals surface area contributed by atoms with Gasteiger partial charge < -0.3 is 19.3 Å². The lowest BCUT2D eigenvalue weighted by Crippen LogP contribution is -2.42. The molecule has 0 aliphatic carbocycles. The summed E-state index contributed by atoms with van der Waals surface area (Å²) in [6.07, 6.45) is 28.0. The molecule has 7 nitrogen and oxygen atoms in total. The number of quaternary nitrogens is 1.